The Morgan fingerprint density at radius 2 is 1.22 bits per heavy atom. The van der Waals surface area contributed by atoms with E-state index < -0.39 is 223 Å². The molecule has 4 saturated heterocycles. The number of hydrogen-bond acceptors (Lipinski definition) is 26. The summed E-state index contributed by atoms with van der Waals surface area (Å²) in [5.74, 6) is -3.66. The molecule has 14 N–H and O–H groups in total. The standard InChI is InChI=1S/C69H106O27.CH4/c1-12-14-15-16-17-18-19-20-42(73)92-57-56(83)69(31-72)35(27-64(5,6)28-41(69)90-59(86)32(3)13-2)34-21-22-39-66(9)25-24-40(65(7,8)38(66)23-26-67(39,10)68(34,57)11)91-60-49(80)47(78)52(33(4)87-60)93-62-51(82)53(50(81)54(95-62)58(84)85)94-63-55(46(77)44(75)37(30-71)89-63)96-61-48(79)45(76)43(74)36(29-70)88-61;/h13,15-21,33,35-41,43-57,60-63,70-72,74-83H,12,14,22-31H2,1-11H3,(H,84,85);1H4/b16-15+,18-17+,20-19+,32-13-;. The maximum Gasteiger partial charge on any atom is 0.335 e. The predicted molar refractivity (Wildman–Crippen MR) is 342 cm³/mol. The number of unbranched alkanes of at least 4 members (excludes halogenated alkanes) is 1. The van der Waals surface area contributed by atoms with Crippen LogP contribution in [-0.4, -0.2) is 256 Å². The third-order valence-corrected chi connectivity index (χ3v) is 24.0. The maximum absolute atomic E-state index is 14.3. The highest BCUT2D eigenvalue weighted by atomic mass is 16.8. The van der Waals surface area contributed by atoms with E-state index >= 15 is 0 Å². The predicted octanol–water partition coefficient (Wildman–Crippen LogP) is 1.64. The van der Waals surface area contributed by atoms with Gasteiger partial charge in [0, 0.05) is 17.1 Å². The molecule has 0 radical (unpaired) electrons. The SMILES string of the molecule is C.C/C=C(/C)C(=O)OC1CC(C)(C)CC2C3=CCC4C5(C)CCC(OC6OC(C)C(OC7OC(C(=O)O)C(O)C(OC8OC(CO)C(O)C(O)C8OC8OC(CO)C(O)C(O)C8O)C7O)C(O)C6O)C(C)(C)C5CCC4(C)C3(C)C(OC(=O)/C=C/C=C/C=C/CCC)C(O)C12CO. The molecule has 4 aliphatic heterocycles. The van der Waals surface area contributed by atoms with Crippen molar-refractivity contribution in [3.8, 4) is 0 Å². The maximum atomic E-state index is 14.3. The second-order valence-electron chi connectivity index (χ2n) is 30.3. The monoisotopic (exact) mass is 1380 g/mol. The highest BCUT2D eigenvalue weighted by Crippen LogP contribution is 2.76. The molecule has 5 aliphatic carbocycles. The van der Waals surface area contributed by atoms with E-state index in [2.05, 4.69) is 61.5 Å². The van der Waals surface area contributed by atoms with E-state index in [1.807, 2.05) is 18.2 Å². The normalized spacial score (nSPS) is 47.4. The van der Waals surface area contributed by atoms with Gasteiger partial charge in [0.1, 0.15) is 104 Å². The molecule has 27 nitrogen and oxygen atoms in total. The lowest BCUT2D eigenvalue weighted by atomic mass is 9.32. The average molecular weight is 1380 g/mol. The van der Waals surface area contributed by atoms with Crippen LogP contribution < -0.4 is 0 Å². The Balaban J connectivity index is 0.0000120. The molecular weight excluding hydrogens is 1270 g/mol. The Kier molecular flexibility index (Phi) is 25.0. The van der Waals surface area contributed by atoms with Gasteiger partial charge in [0.2, 0.25) is 0 Å². The minimum absolute atomic E-state index is 0. The third kappa shape index (κ3) is 14.2. The summed E-state index contributed by atoms with van der Waals surface area (Å²) in [6, 6.07) is 0. The first kappa shape index (κ1) is 79.0. The van der Waals surface area contributed by atoms with Crippen LogP contribution in [-0.2, 0) is 61.8 Å². The van der Waals surface area contributed by atoms with E-state index in [9.17, 15) is 85.9 Å². The van der Waals surface area contributed by atoms with E-state index in [0.29, 0.717) is 50.5 Å². The Morgan fingerprint density at radius 1 is 0.629 bits per heavy atom. The first-order valence-corrected chi connectivity index (χ1v) is 33.9. The Bertz CT molecular complexity index is 2880. The zero-order chi connectivity index (χ0) is 70.7. The lowest BCUT2D eigenvalue weighted by Gasteiger charge is -2.73. The smallest absolute Gasteiger partial charge is 0.335 e. The number of esters is 2. The summed E-state index contributed by atoms with van der Waals surface area (Å²) in [5.41, 5.74) is -3.31. The molecule has 27 heteroatoms. The quantitative estimate of drug-likeness (QED) is 0.0271. The fourth-order valence-corrected chi connectivity index (χ4v) is 18.3. The topological polar surface area (TPSA) is 427 Å². The number of carboxylic acid groups (broad SMARTS) is 1. The summed E-state index contributed by atoms with van der Waals surface area (Å²) >= 11 is 0. The van der Waals surface area contributed by atoms with Crippen molar-refractivity contribution in [2.24, 2.45) is 50.2 Å². The molecule has 4 heterocycles. The number of allylic oxidation sites excluding steroid dienone is 7. The van der Waals surface area contributed by atoms with E-state index in [1.54, 1.807) is 32.1 Å². The van der Waals surface area contributed by atoms with Crippen LogP contribution in [0.4, 0.5) is 0 Å². The van der Waals surface area contributed by atoms with Gasteiger partial charge in [-0.15, -0.1) is 0 Å². The van der Waals surface area contributed by atoms with Crippen LogP contribution >= 0.6 is 0 Å². The lowest BCUT2D eigenvalue weighted by molar-refractivity contribution is -0.394. The molecule has 31 atom stereocenters. The molecule has 0 bridgehead atoms. The molecule has 0 aromatic heterocycles. The molecule has 0 aromatic rings. The summed E-state index contributed by atoms with van der Waals surface area (Å²) in [7, 11) is 0. The minimum atomic E-state index is -2.27. The molecule has 31 unspecified atom stereocenters. The van der Waals surface area contributed by atoms with Crippen molar-refractivity contribution in [1.82, 2.24) is 0 Å². The van der Waals surface area contributed by atoms with E-state index in [1.165, 1.54) is 13.0 Å². The van der Waals surface area contributed by atoms with Gasteiger partial charge in [-0.1, -0.05) is 117 Å². The molecule has 0 aromatic carbocycles. The minimum Gasteiger partial charge on any atom is -0.479 e. The number of ether oxygens (including phenoxy) is 10. The van der Waals surface area contributed by atoms with Crippen molar-refractivity contribution < 1.29 is 133 Å². The van der Waals surface area contributed by atoms with Gasteiger partial charge in [0.05, 0.1) is 37.4 Å². The number of hydrogen-bond donors (Lipinski definition) is 14. The summed E-state index contributed by atoms with van der Waals surface area (Å²) in [4.78, 5) is 40.8. The zero-order valence-corrected chi connectivity index (χ0v) is 56.8. The van der Waals surface area contributed by atoms with Crippen LogP contribution in [0.3, 0.4) is 0 Å². The highest BCUT2D eigenvalue weighted by molar-refractivity contribution is 5.87. The van der Waals surface area contributed by atoms with Crippen molar-refractivity contribution in [2.45, 2.75) is 289 Å². The number of carbonyl (C=O) groups excluding carboxylic acids is 2. The van der Waals surface area contributed by atoms with Gasteiger partial charge in [-0.3, -0.25) is 0 Å². The van der Waals surface area contributed by atoms with Gasteiger partial charge in [0.25, 0.3) is 0 Å². The molecule has 9 rings (SSSR count). The molecule has 0 spiro atoms. The van der Waals surface area contributed by atoms with Crippen LogP contribution in [0.15, 0.2) is 59.8 Å². The third-order valence-electron chi connectivity index (χ3n) is 24.0. The van der Waals surface area contributed by atoms with Crippen LogP contribution in [0.1, 0.15) is 141 Å². The van der Waals surface area contributed by atoms with E-state index in [4.69, 9.17) is 47.4 Å². The molecular formula is C70H110O27. The summed E-state index contributed by atoms with van der Waals surface area (Å²) in [6.07, 6.45) is -22.3. The number of aliphatic hydroxyl groups excluding tert-OH is 13. The van der Waals surface area contributed by atoms with Gasteiger partial charge < -0.3 is 119 Å². The first-order valence-electron chi connectivity index (χ1n) is 33.9. The molecule has 0 amide bonds. The van der Waals surface area contributed by atoms with Crippen molar-refractivity contribution in [3.05, 3.63) is 59.8 Å². The fourth-order valence-electron chi connectivity index (χ4n) is 18.3. The van der Waals surface area contributed by atoms with Gasteiger partial charge in [-0.05, 0) is 112 Å². The molecule has 4 saturated carbocycles. The number of carboxylic acids is 1. The molecule has 552 valence electrons. The number of aliphatic hydroxyl groups is 13. The Morgan fingerprint density at radius 3 is 1.85 bits per heavy atom. The second kappa shape index (κ2) is 30.7. The summed E-state index contributed by atoms with van der Waals surface area (Å²) in [6.45, 7) is 19.6. The van der Waals surface area contributed by atoms with Crippen LogP contribution in [0.5, 0.6) is 0 Å². The summed E-state index contributed by atoms with van der Waals surface area (Å²) in [5, 5.41) is 156. The van der Waals surface area contributed by atoms with Gasteiger partial charge in [-0.2, -0.15) is 0 Å². The van der Waals surface area contributed by atoms with Crippen molar-refractivity contribution >= 4 is 17.9 Å². The number of aliphatic carboxylic acids is 1. The van der Waals surface area contributed by atoms with Gasteiger partial charge in [0.15, 0.2) is 31.3 Å². The Labute approximate surface area is 567 Å². The van der Waals surface area contributed by atoms with Crippen LogP contribution in [0, 0.1) is 50.2 Å². The van der Waals surface area contributed by atoms with Crippen LogP contribution in [0.2, 0.25) is 0 Å². The lowest BCUT2D eigenvalue weighted by Crippen LogP contribution is -2.75. The zero-order valence-electron chi connectivity index (χ0n) is 56.8. The second-order valence-corrected chi connectivity index (χ2v) is 30.3. The Hall–Kier alpha value is -3.73. The van der Waals surface area contributed by atoms with Crippen molar-refractivity contribution in [2.75, 3.05) is 19.8 Å². The average Bonchev–Trinajstić information content (AvgIpc) is 0.663. The molecule has 97 heavy (non-hydrogen) atoms. The van der Waals surface area contributed by atoms with Crippen molar-refractivity contribution in [1.29, 1.82) is 0 Å². The summed E-state index contributed by atoms with van der Waals surface area (Å²) < 4.78 is 60.5. The fraction of sp³-hybridized carbons (Fsp3) is 0.814. The van der Waals surface area contributed by atoms with Crippen molar-refractivity contribution in [3.63, 3.8) is 0 Å². The number of carbonyl (C=O) groups is 3. The van der Waals surface area contributed by atoms with E-state index in [-0.39, 0.29) is 19.3 Å². The highest BCUT2D eigenvalue weighted by Gasteiger charge is 2.76. The number of fused-ring (bicyclic) bond motifs is 7. The van der Waals surface area contributed by atoms with E-state index in [0.717, 1.165) is 18.4 Å². The molecule has 9 aliphatic rings. The van der Waals surface area contributed by atoms with Crippen LogP contribution in [0.25, 0.3) is 0 Å². The number of rotatable bonds is 20. The van der Waals surface area contributed by atoms with Gasteiger partial charge in [-0.25, -0.2) is 14.4 Å². The molecule has 8 fully saturated rings. The first-order chi connectivity index (χ1) is 45.1. The largest absolute Gasteiger partial charge is 0.479 e. The van der Waals surface area contributed by atoms with Gasteiger partial charge >= 0.3 is 17.9 Å².